The van der Waals surface area contributed by atoms with Gasteiger partial charge in [-0.25, -0.2) is 0 Å². The second kappa shape index (κ2) is 7.20. The van der Waals surface area contributed by atoms with Crippen LogP contribution in [-0.2, 0) is 23.1 Å². The summed E-state index contributed by atoms with van der Waals surface area (Å²) in [7, 11) is 2.00. The van der Waals surface area contributed by atoms with Gasteiger partial charge in [-0.05, 0) is 31.4 Å². The molecular weight excluding hydrogens is 290 g/mol. The molecule has 1 aromatic rings. The zero-order chi connectivity index (χ0) is 16.2. The highest BCUT2D eigenvalue weighted by atomic mass is 16.2. The molecule has 1 saturated carbocycles. The summed E-state index contributed by atoms with van der Waals surface area (Å²) < 4.78 is 2.04. The highest BCUT2D eigenvalue weighted by molar-refractivity contribution is 5.79. The van der Waals surface area contributed by atoms with Gasteiger partial charge in [-0.15, -0.1) is 0 Å². The van der Waals surface area contributed by atoms with Crippen molar-refractivity contribution < 1.29 is 9.59 Å². The smallest absolute Gasteiger partial charge is 0.223 e. The lowest BCUT2D eigenvalue weighted by Crippen LogP contribution is -2.36. The van der Waals surface area contributed by atoms with E-state index in [0.717, 1.165) is 25.8 Å². The zero-order valence-electron chi connectivity index (χ0n) is 14.0. The van der Waals surface area contributed by atoms with Crippen LogP contribution < -0.4 is 5.32 Å². The van der Waals surface area contributed by atoms with E-state index in [9.17, 15) is 9.59 Å². The van der Waals surface area contributed by atoms with Crippen LogP contribution in [0, 0.1) is 5.92 Å². The first-order chi connectivity index (χ1) is 11.1. The molecule has 0 unspecified atom stereocenters. The third kappa shape index (κ3) is 3.95. The van der Waals surface area contributed by atoms with E-state index < -0.39 is 0 Å². The summed E-state index contributed by atoms with van der Waals surface area (Å²) in [6.45, 7) is 1.45. The molecule has 2 amide bonds. The van der Waals surface area contributed by atoms with Crippen molar-refractivity contribution >= 4 is 11.8 Å². The topological polar surface area (TPSA) is 54.3 Å². The van der Waals surface area contributed by atoms with Crippen LogP contribution in [0.15, 0.2) is 18.3 Å². The van der Waals surface area contributed by atoms with Crippen molar-refractivity contribution in [3.05, 3.63) is 24.0 Å². The molecule has 2 heterocycles. The first kappa shape index (κ1) is 16.1. The van der Waals surface area contributed by atoms with Gasteiger partial charge in [0.25, 0.3) is 0 Å². The highest BCUT2D eigenvalue weighted by Crippen LogP contribution is 2.29. The van der Waals surface area contributed by atoms with Crippen LogP contribution in [0.4, 0.5) is 0 Å². The van der Waals surface area contributed by atoms with Crippen molar-refractivity contribution in [2.45, 2.75) is 51.0 Å². The number of amides is 2. The van der Waals surface area contributed by atoms with Crippen LogP contribution in [0.5, 0.6) is 0 Å². The van der Waals surface area contributed by atoms with E-state index in [1.807, 2.05) is 29.9 Å². The monoisotopic (exact) mass is 317 g/mol. The van der Waals surface area contributed by atoms with Crippen LogP contribution in [-0.4, -0.2) is 40.4 Å². The molecule has 1 aliphatic carbocycles. The van der Waals surface area contributed by atoms with Gasteiger partial charge in [-0.3, -0.25) is 9.59 Å². The quantitative estimate of drug-likeness (QED) is 0.871. The minimum atomic E-state index is 0.0814. The van der Waals surface area contributed by atoms with Gasteiger partial charge in [0, 0.05) is 56.8 Å². The minimum absolute atomic E-state index is 0.0814. The fourth-order valence-electron chi connectivity index (χ4n) is 3.86. The molecule has 0 aromatic carbocycles. The second-order valence-electron chi connectivity index (χ2n) is 6.97. The molecule has 1 N–H and O–H groups in total. The normalized spacial score (nSPS) is 22.0. The van der Waals surface area contributed by atoms with Crippen molar-refractivity contribution in [2.24, 2.45) is 13.0 Å². The Hall–Kier alpha value is -1.78. The number of hydrogen-bond donors (Lipinski definition) is 1. The zero-order valence-corrected chi connectivity index (χ0v) is 14.0. The molecule has 5 heteroatoms. The van der Waals surface area contributed by atoms with Crippen molar-refractivity contribution in [3.8, 4) is 0 Å². The van der Waals surface area contributed by atoms with E-state index >= 15 is 0 Å². The van der Waals surface area contributed by atoms with Crippen molar-refractivity contribution in [1.82, 2.24) is 14.8 Å². The third-order valence-corrected chi connectivity index (χ3v) is 5.25. The lowest BCUT2D eigenvalue weighted by atomic mass is 10.1. The van der Waals surface area contributed by atoms with Gasteiger partial charge in [0.1, 0.15) is 0 Å². The van der Waals surface area contributed by atoms with Crippen LogP contribution in [0.3, 0.4) is 0 Å². The van der Waals surface area contributed by atoms with Gasteiger partial charge in [0.2, 0.25) is 11.8 Å². The van der Waals surface area contributed by atoms with E-state index in [2.05, 4.69) is 10.2 Å². The maximum atomic E-state index is 12.1. The van der Waals surface area contributed by atoms with Crippen LogP contribution in [0.25, 0.3) is 0 Å². The van der Waals surface area contributed by atoms with E-state index in [0.29, 0.717) is 25.4 Å². The summed E-state index contributed by atoms with van der Waals surface area (Å²) in [5.41, 5.74) is 1.17. The van der Waals surface area contributed by atoms with E-state index in [1.54, 1.807) is 0 Å². The molecule has 5 nitrogen and oxygen atoms in total. The fourth-order valence-corrected chi connectivity index (χ4v) is 3.86. The molecule has 0 radical (unpaired) electrons. The Morgan fingerprint density at radius 3 is 2.83 bits per heavy atom. The number of aromatic nitrogens is 1. The van der Waals surface area contributed by atoms with Crippen LogP contribution in [0.2, 0.25) is 0 Å². The highest BCUT2D eigenvalue weighted by Gasteiger charge is 2.35. The van der Waals surface area contributed by atoms with Gasteiger partial charge >= 0.3 is 0 Å². The molecule has 23 heavy (non-hydrogen) atoms. The molecule has 0 spiro atoms. The van der Waals surface area contributed by atoms with Crippen LogP contribution >= 0.6 is 0 Å². The maximum absolute atomic E-state index is 12.1. The summed E-state index contributed by atoms with van der Waals surface area (Å²) in [5.74, 6) is 0.639. The summed E-state index contributed by atoms with van der Waals surface area (Å²) in [6.07, 6.45) is 8.65. The van der Waals surface area contributed by atoms with Crippen LogP contribution in [0.1, 0.15) is 44.2 Å². The lowest BCUT2D eigenvalue weighted by Gasteiger charge is -2.24. The molecule has 1 saturated heterocycles. The van der Waals surface area contributed by atoms with E-state index in [-0.39, 0.29) is 17.7 Å². The molecule has 1 atom stereocenters. The lowest BCUT2D eigenvalue weighted by molar-refractivity contribution is -0.129. The summed E-state index contributed by atoms with van der Waals surface area (Å²) in [5, 5.41) is 3.01. The number of hydrogen-bond acceptors (Lipinski definition) is 2. The van der Waals surface area contributed by atoms with Crippen molar-refractivity contribution in [3.63, 3.8) is 0 Å². The SMILES string of the molecule is Cn1cccc1CCC(=O)NC[C@H]1CC(=O)N(C2CCCC2)C1. The Labute approximate surface area is 138 Å². The Kier molecular flexibility index (Phi) is 5.03. The van der Waals surface area contributed by atoms with Gasteiger partial charge in [0.15, 0.2) is 0 Å². The predicted molar refractivity (Wildman–Crippen MR) is 88.8 cm³/mol. The number of carbonyl (C=O) groups excluding carboxylic acids is 2. The Morgan fingerprint density at radius 1 is 1.35 bits per heavy atom. The average molecular weight is 317 g/mol. The molecule has 2 aliphatic rings. The van der Waals surface area contributed by atoms with E-state index in [1.165, 1.54) is 18.5 Å². The second-order valence-corrected chi connectivity index (χ2v) is 6.97. The molecule has 2 fully saturated rings. The van der Waals surface area contributed by atoms with Gasteiger partial charge in [0.05, 0.1) is 0 Å². The first-order valence-corrected chi connectivity index (χ1v) is 8.80. The number of aryl methyl sites for hydroxylation is 2. The molecule has 126 valence electrons. The molecule has 3 rings (SSSR count). The Balaban J connectivity index is 1.39. The summed E-state index contributed by atoms with van der Waals surface area (Å²) >= 11 is 0. The molecular formula is C18H27N3O2. The van der Waals surface area contributed by atoms with Gasteiger partial charge in [-0.2, -0.15) is 0 Å². The molecule has 1 aliphatic heterocycles. The summed E-state index contributed by atoms with van der Waals surface area (Å²) in [6, 6.07) is 4.50. The number of nitrogens with zero attached hydrogens (tertiary/aromatic N) is 2. The number of likely N-dealkylation sites (tertiary alicyclic amines) is 1. The average Bonchev–Trinajstić information content (AvgIpc) is 3.24. The standard InChI is InChI=1S/C18H27N3O2/c1-20-10-4-7-15(20)8-9-17(22)19-12-14-11-18(23)21(13-14)16-5-2-3-6-16/h4,7,10,14,16H,2-3,5-6,8-9,11-13H2,1H3,(H,19,22)/t14-/m1/s1. The maximum Gasteiger partial charge on any atom is 0.223 e. The number of carbonyl (C=O) groups is 2. The number of rotatable bonds is 6. The van der Waals surface area contributed by atoms with E-state index in [4.69, 9.17) is 0 Å². The fraction of sp³-hybridized carbons (Fsp3) is 0.667. The van der Waals surface area contributed by atoms with Crippen molar-refractivity contribution in [1.29, 1.82) is 0 Å². The minimum Gasteiger partial charge on any atom is -0.356 e. The Bertz CT molecular complexity index is 560. The molecule has 0 bridgehead atoms. The van der Waals surface area contributed by atoms with Gasteiger partial charge in [-0.1, -0.05) is 12.8 Å². The largest absolute Gasteiger partial charge is 0.356 e. The third-order valence-electron chi connectivity index (χ3n) is 5.25. The Morgan fingerprint density at radius 2 is 2.13 bits per heavy atom. The molecule has 1 aromatic heterocycles. The number of nitrogens with one attached hydrogen (secondary N) is 1. The summed E-state index contributed by atoms with van der Waals surface area (Å²) in [4.78, 5) is 26.2. The first-order valence-electron chi connectivity index (χ1n) is 8.80. The van der Waals surface area contributed by atoms with Gasteiger partial charge < -0.3 is 14.8 Å². The predicted octanol–water partition coefficient (Wildman–Crippen LogP) is 1.86. The van der Waals surface area contributed by atoms with Crippen molar-refractivity contribution in [2.75, 3.05) is 13.1 Å².